The van der Waals surface area contributed by atoms with Crippen molar-refractivity contribution in [3.05, 3.63) is 87.9 Å². The largest absolute Gasteiger partial charge is 0.366 e. The molecule has 0 spiro atoms. The number of benzene rings is 3. The number of rotatable bonds is 3. The lowest BCUT2D eigenvalue weighted by molar-refractivity contribution is 0.0981. The van der Waals surface area contributed by atoms with Gasteiger partial charge in [0.05, 0.1) is 0 Å². The summed E-state index contributed by atoms with van der Waals surface area (Å²) >= 11 is 6.38. The molecule has 2 N–H and O–H groups in total. The second-order valence-electron chi connectivity index (χ2n) is 7.33. The van der Waals surface area contributed by atoms with E-state index in [4.69, 9.17) is 17.3 Å². The maximum atomic E-state index is 13.1. The highest BCUT2D eigenvalue weighted by Crippen LogP contribution is 2.35. The second kappa shape index (κ2) is 7.72. The van der Waals surface area contributed by atoms with Crippen LogP contribution in [0.15, 0.2) is 60.7 Å². The molecule has 146 valence electrons. The maximum absolute atomic E-state index is 13.1. The standard InChI is InChI=1S/C24H21ClN2O2/c1-15-4-2-5-19(12-15)24(29)27-11-3-6-17-13-16(8-10-22(17)27)20-14-18(23(26)28)7-9-21(20)25/h2,4-5,7-10,12-14H,3,6,11H2,1H3,(H2,26,28). The van der Waals surface area contributed by atoms with E-state index >= 15 is 0 Å². The Kier molecular flexibility index (Phi) is 5.12. The smallest absolute Gasteiger partial charge is 0.258 e. The van der Waals surface area contributed by atoms with Gasteiger partial charge in [0.2, 0.25) is 5.91 Å². The van der Waals surface area contributed by atoms with Crippen molar-refractivity contribution in [2.45, 2.75) is 19.8 Å². The van der Waals surface area contributed by atoms with Gasteiger partial charge in [-0.05, 0) is 73.4 Å². The molecule has 1 aliphatic rings. The summed E-state index contributed by atoms with van der Waals surface area (Å²) in [5.74, 6) is -0.480. The van der Waals surface area contributed by atoms with Gasteiger partial charge in [-0.3, -0.25) is 9.59 Å². The quantitative estimate of drug-likeness (QED) is 0.667. The Balaban J connectivity index is 1.72. The molecule has 0 bridgehead atoms. The number of carbonyl (C=O) groups excluding carboxylic acids is 2. The molecular formula is C24H21ClN2O2. The van der Waals surface area contributed by atoms with Crippen LogP contribution in [-0.2, 0) is 6.42 Å². The van der Waals surface area contributed by atoms with Crippen molar-refractivity contribution in [2.75, 3.05) is 11.4 Å². The molecule has 3 aromatic rings. The van der Waals surface area contributed by atoms with Crippen molar-refractivity contribution < 1.29 is 9.59 Å². The highest BCUT2D eigenvalue weighted by atomic mass is 35.5. The van der Waals surface area contributed by atoms with Gasteiger partial charge in [-0.25, -0.2) is 0 Å². The Morgan fingerprint density at radius 2 is 1.83 bits per heavy atom. The fraction of sp³-hybridized carbons (Fsp3) is 0.167. The lowest BCUT2D eigenvalue weighted by atomic mass is 9.95. The molecule has 1 aliphatic heterocycles. The molecule has 29 heavy (non-hydrogen) atoms. The van der Waals surface area contributed by atoms with Gasteiger partial charge in [-0.1, -0.05) is 35.4 Å². The van der Waals surface area contributed by atoms with Crippen LogP contribution in [0.3, 0.4) is 0 Å². The van der Waals surface area contributed by atoms with Crippen molar-refractivity contribution in [1.82, 2.24) is 0 Å². The molecule has 5 heteroatoms. The number of amides is 2. The number of hydrogen-bond donors (Lipinski definition) is 1. The fourth-order valence-corrected chi connectivity index (χ4v) is 4.04. The summed E-state index contributed by atoms with van der Waals surface area (Å²) in [6.07, 6.45) is 1.77. The van der Waals surface area contributed by atoms with Crippen molar-refractivity contribution >= 4 is 29.1 Å². The van der Waals surface area contributed by atoms with Crippen LogP contribution in [0.2, 0.25) is 5.02 Å². The number of aryl methyl sites for hydroxylation is 2. The van der Waals surface area contributed by atoms with Gasteiger partial charge in [0.1, 0.15) is 0 Å². The van der Waals surface area contributed by atoms with E-state index in [1.807, 2.05) is 48.2 Å². The normalized spacial score (nSPS) is 13.1. The van der Waals surface area contributed by atoms with E-state index in [1.165, 1.54) is 0 Å². The van der Waals surface area contributed by atoms with Crippen molar-refractivity contribution in [3.63, 3.8) is 0 Å². The summed E-state index contributed by atoms with van der Waals surface area (Å²) in [5, 5.41) is 0.554. The first kappa shape index (κ1) is 19.2. The van der Waals surface area contributed by atoms with Crippen LogP contribution >= 0.6 is 11.6 Å². The minimum atomic E-state index is -0.490. The highest BCUT2D eigenvalue weighted by molar-refractivity contribution is 6.33. The van der Waals surface area contributed by atoms with Crippen molar-refractivity contribution in [2.24, 2.45) is 5.73 Å². The molecule has 0 aliphatic carbocycles. The molecule has 4 rings (SSSR count). The van der Waals surface area contributed by atoms with E-state index in [1.54, 1.807) is 18.2 Å². The number of carbonyl (C=O) groups is 2. The maximum Gasteiger partial charge on any atom is 0.258 e. The zero-order valence-corrected chi connectivity index (χ0v) is 16.9. The van der Waals surface area contributed by atoms with E-state index in [0.717, 1.165) is 40.8 Å². The first-order valence-electron chi connectivity index (χ1n) is 9.55. The molecule has 3 aromatic carbocycles. The average molecular weight is 405 g/mol. The van der Waals surface area contributed by atoms with Crippen LogP contribution in [0.4, 0.5) is 5.69 Å². The summed E-state index contributed by atoms with van der Waals surface area (Å²) in [7, 11) is 0. The minimum Gasteiger partial charge on any atom is -0.366 e. The SMILES string of the molecule is Cc1cccc(C(=O)N2CCCc3cc(-c4cc(C(N)=O)ccc4Cl)ccc32)c1. The molecule has 0 fully saturated rings. The number of halogens is 1. The predicted molar refractivity (Wildman–Crippen MR) is 117 cm³/mol. The molecule has 0 radical (unpaired) electrons. The van der Waals surface area contributed by atoms with Gasteiger partial charge < -0.3 is 10.6 Å². The van der Waals surface area contributed by atoms with E-state index < -0.39 is 5.91 Å². The molecule has 0 saturated carbocycles. The summed E-state index contributed by atoms with van der Waals surface area (Å²) in [6, 6.07) is 18.6. The number of anilines is 1. The van der Waals surface area contributed by atoms with Crippen molar-refractivity contribution in [1.29, 1.82) is 0 Å². The van der Waals surface area contributed by atoms with Crippen LogP contribution in [0, 0.1) is 6.92 Å². The third kappa shape index (κ3) is 3.76. The van der Waals surface area contributed by atoms with Crippen molar-refractivity contribution in [3.8, 4) is 11.1 Å². The molecule has 0 aromatic heterocycles. The van der Waals surface area contributed by atoms with Crippen LogP contribution in [0.5, 0.6) is 0 Å². The summed E-state index contributed by atoms with van der Waals surface area (Å²) in [4.78, 5) is 26.5. The van der Waals surface area contributed by atoms with Gasteiger partial charge in [0.25, 0.3) is 5.91 Å². The van der Waals surface area contributed by atoms with Gasteiger partial charge in [0, 0.05) is 33.9 Å². The van der Waals surface area contributed by atoms with E-state index in [2.05, 4.69) is 6.07 Å². The minimum absolute atomic E-state index is 0.0103. The third-order valence-electron chi connectivity index (χ3n) is 5.27. The molecule has 4 nitrogen and oxygen atoms in total. The molecular weight excluding hydrogens is 384 g/mol. The van der Waals surface area contributed by atoms with Gasteiger partial charge in [0.15, 0.2) is 0 Å². The zero-order chi connectivity index (χ0) is 20.5. The first-order valence-corrected chi connectivity index (χ1v) is 9.93. The Morgan fingerprint density at radius 3 is 2.59 bits per heavy atom. The van der Waals surface area contributed by atoms with Gasteiger partial charge in [-0.2, -0.15) is 0 Å². The second-order valence-corrected chi connectivity index (χ2v) is 7.74. The molecule has 0 saturated heterocycles. The van der Waals surface area contributed by atoms with Crippen LogP contribution in [-0.4, -0.2) is 18.4 Å². The average Bonchev–Trinajstić information content (AvgIpc) is 2.72. The van der Waals surface area contributed by atoms with Gasteiger partial charge >= 0.3 is 0 Å². The van der Waals surface area contributed by atoms with E-state index in [0.29, 0.717) is 22.7 Å². The molecule has 0 unspecified atom stereocenters. The number of fused-ring (bicyclic) bond motifs is 1. The van der Waals surface area contributed by atoms with Gasteiger partial charge in [-0.15, -0.1) is 0 Å². The number of nitrogens with two attached hydrogens (primary N) is 1. The number of nitrogens with zero attached hydrogens (tertiary/aromatic N) is 1. The zero-order valence-electron chi connectivity index (χ0n) is 16.1. The van der Waals surface area contributed by atoms with Crippen LogP contribution < -0.4 is 10.6 Å². The summed E-state index contributed by atoms with van der Waals surface area (Å²) in [6.45, 7) is 2.67. The molecule has 2 amide bonds. The number of primary amides is 1. The monoisotopic (exact) mass is 404 g/mol. The Labute approximate surface area is 174 Å². The Morgan fingerprint density at radius 1 is 1.00 bits per heavy atom. The molecule has 0 atom stereocenters. The summed E-state index contributed by atoms with van der Waals surface area (Å²) < 4.78 is 0. The lowest BCUT2D eigenvalue weighted by Gasteiger charge is -2.30. The van der Waals surface area contributed by atoms with Crippen LogP contribution in [0.1, 0.15) is 38.3 Å². The molecule has 1 heterocycles. The lowest BCUT2D eigenvalue weighted by Crippen LogP contribution is -2.35. The Bertz CT molecular complexity index is 1120. The predicted octanol–water partition coefficient (Wildman–Crippen LogP) is 5.01. The Hall–Kier alpha value is -3.11. The first-order chi connectivity index (χ1) is 13.9. The topological polar surface area (TPSA) is 63.4 Å². The van der Waals surface area contributed by atoms with E-state index in [9.17, 15) is 9.59 Å². The highest BCUT2D eigenvalue weighted by Gasteiger charge is 2.24. The van der Waals surface area contributed by atoms with Crippen LogP contribution in [0.25, 0.3) is 11.1 Å². The van der Waals surface area contributed by atoms with E-state index in [-0.39, 0.29) is 5.91 Å². The number of hydrogen-bond acceptors (Lipinski definition) is 2. The third-order valence-corrected chi connectivity index (χ3v) is 5.60. The summed E-state index contributed by atoms with van der Waals surface area (Å²) in [5.41, 5.74) is 11.3. The fourth-order valence-electron chi connectivity index (χ4n) is 3.81.